The number of carbonyl (C=O) groups is 1. The van der Waals surface area contributed by atoms with Crippen LogP contribution in [-0.4, -0.2) is 42.5 Å². The number of nitrogens with one attached hydrogen (secondary N) is 1. The van der Waals surface area contributed by atoms with Crippen LogP contribution in [0.2, 0.25) is 0 Å². The summed E-state index contributed by atoms with van der Waals surface area (Å²) in [7, 11) is 0. The van der Waals surface area contributed by atoms with Crippen LogP contribution < -0.4 is 11.1 Å². The van der Waals surface area contributed by atoms with E-state index in [-0.39, 0.29) is 18.0 Å². The van der Waals surface area contributed by atoms with E-state index >= 15 is 0 Å². The van der Waals surface area contributed by atoms with Crippen LogP contribution in [0.4, 0.5) is 0 Å². The average Bonchev–Trinajstić information content (AvgIpc) is 2.65. The molecule has 4 nitrogen and oxygen atoms in total. The van der Waals surface area contributed by atoms with Gasteiger partial charge in [-0.05, 0) is 25.8 Å². The van der Waals surface area contributed by atoms with E-state index in [1.807, 2.05) is 4.90 Å². The predicted octanol–water partition coefficient (Wildman–Crippen LogP) is -0.312. The van der Waals surface area contributed by atoms with E-state index in [2.05, 4.69) is 5.32 Å². The highest BCUT2D eigenvalue weighted by Crippen LogP contribution is 2.13. The highest BCUT2D eigenvalue weighted by atomic mass is 16.2. The molecule has 2 aliphatic rings. The molecule has 3 N–H and O–H groups in total. The van der Waals surface area contributed by atoms with Crippen molar-refractivity contribution in [2.24, 2.45) is 5.73 Å². The van der Waals surface area contributed by atoms with E-state index in [4.69, 9.17) is 5.73 Å². The number of carbonyl (C=O) groups excluding carboxylic acids is 1. The van der Waals surface area contributed by atoms with Crippen molar-refractivity contribution < 1.29 is 4.79 Å². The summed E-state index contributed by atoms with van der Waals surface area (Å²) in [5.74, 6) is 0.262. The van der Waals surface area contributed by atoms with Crippen molar-refractivity contribution in [1.29, 1.82) is 0 Å². The summed E-state index contributed by atoms with van der Waals surface area (Å²) >= 11 is 0. The molecule has 0 bridgehead atoms. The molecule has 80 valence electrons. The first kappa shape index (κ1) is 9.93. The second kappa shape index (κ2) is 4.28. The summed E-state index contributed by atoms with van der Waals surface area (Å²) in [6, 6.07) is 0.261. The molecular weight excluding hydrogens is 178 g/mol. The molecule has 2 atom stereocenters. The Kier molecular flexibility index (Phi) is 3.03. The molecule has 0 aromatic rings. The minimum absolute atomic E-state index is 0.0639. The quantitative estimate of drug-likeness (QED) is 0.606. The third kappa shape index (κ3) is 2.07. The van der Waals surface area contributed by atoms with Crippen molar-refractivity contribution in [2.75, 3.05) is 19.6 Å². The van der Waals surface area contributed by atoms with Crippen LogP contribution in [0.1, 0.15) is 25.7 Å². The maximum atomic E-state index is 12.0. The minimum atomic E-state index is 0.0639. The molecule has 0 radical (unpaired) electrons. The summed E-state index contributed by atoms with van der Waals surface area (Å²) in [6.45, 7) is 2.57. The number of nitrogens with zero attached hydrogens (tertiary/aromatic N) is 1. The summed E-state index contributed by atoms with van der Waals surface area (Å²) in [4.78, 5) is 13.9. The minimum Gasteiger partial charge on any atom is -0.340 e. The maximum Gasteiger partial charge on any atom is 0.239 e. The lowest BCUT2D eigenvalue weighted by atomic mass is 10.0. The average molecular weight is 197 g/mol. The van der Waals surface area contributed by atoms with Gasteiger partial charge in [0.05, 0.1) is 6.04 Å². The zero-order valence-corrected chi connectivity index (χ0v) is 8.54. The Bertz CT molecular complexity index is 207. The summed E-state index contributed by atoms with van der Waals surface area (Å²) in [5.41, 5.74) is 5.78. The Hall–Kier alpha value is -0.610. The van der Waals surface area contributed by atoms with Crippen molar-refractivity contribution in [3.63, 3.8) is 0 Å². The van der Waals surface area contributed by atoms with E-state index in [1.54, 1.807) is 0 Å². The van der Waals surface area contributed by atoms with Gasteiger partial charge < -0.3 is 16.0 Å². The normalized spacial score (nSPS) is 33.4. The van der Waals surface area contributed by atoms with Gasteiger partial charge in [0.15, 0.2) is 0 Å². The van der Waals surface area contributed by atoms with Gasteiger partial charge in [-0.15, -0.1) is 0 Å². The largest absolute Gasteiger partial charge is 0.340 e. The molecule has 2 heterocycles. The molecule has 2 fully saturated rings. The molecule has 0 aromatic carbocycles. The molecule has 4 heteroatoms. The fourth-order valence-corrected chi connectivity index (χ4v) is 2.27. The molecular formula is C10H19N3O. The molecule has 0 aromatic heterocycles. The number of piperidine rings is 1. The van der Waals surface area contributed by atoms with Crippen molar-refractivity contribution in [3.05, 3.63) is 0 Å². The van der Waals surface area contributed by atoms with Gasteiger partial charge in [-0.2, -0.15) is 0 Å². The van der Waals surface area contributed by atoms with Gasteiger partial charge in [-0.3, -0.25) is 4.79 Å². The number of hydrogen-bond acceptors (Lipinski definition) is 3. The third-order valence-corrected chi connectivity index (χ3v) is 3.14. The van der Waals surface area contributed by atoms with Crippen LogP contribution in [0, 0.1) is 0 Å². The van der Waals surface area contributed by atoms with Gasteiger partial charge >= 0.3 is 0 Å². The Morgan fingerprint density at radius 1 is 1.36 bits per heavy atom. The second-order valence-corrected chi connectivity index (χ2v) is 4.34. The van der Waals surface area contributed by atoms with Gasteiger partial charge in [-0.25, -0.2) is 0 Å². The smallest absolute Gasteiger partial charge is 0.239 e. The summed E-state index contributed by atoms with van der Waals surface area (Å²) in [6.07, 6.45) is 4.32. The zero-order valence-electron chi connectivity index (χ0n) is 8.54. The molecule has 2 saturated heterocycles. The lowest BCUT2D eigenvalue weighted by Gasteiger charge is -2.27. The Morgan fingerprint density at radius 3 is 2.79 bits per heavy atom. The number of nitrogens with two attached hydrogens (primary N) is 1. The van der Waals surface area contributed by atoms with Crippen LogP contribution in [0.25, 0.3) is 0 Å². The van der Waals surface area contributed by atoms with Gasteiger partial charge in [0.2, 0.25) is 5.91 Å². The van der Waals surface area contributed by atoms with Crippen molar-refractivity contribution in [1.82, 2.24) is 10.2 Å². The Labute approximate surface area is 84.8 Å². The predicted molar refractivity (Wildman–Crippen MR) is 54.8 cm³/mol. The highest BCUT2D eigenvalue weighted by molar-refractivity contribution is 5.82. The fraction of sp³-hybridized carbons (Fsp3) is 0.900. The molecule has 0 spiro atoms. The Morgan fingerprint density at radius 2 is 2.21 bits per heavy atom. The van der Waals surface area contributed by atoms with Crippen molar-refractivity contribution in [3.8, 4) is 0 Å². The molecule has 0 saturated carbocycles. The fourth-order valence-electron chi connectivity index (χ4n) is 2.27. The standard InChI is InChI=1S/C10H19N3O/c11-8-4-6-13(7-8)10(14)9-3-1-2-5-12-9/h8-9,12H,1-7,11H2/t8-,9+/m1/s1. The van der Waals surface area contributed by atoms with E-state index in [0.717, 1.165) is 32.5 Å². The monoisotopic (exact) mass is 197 g/mol. The Balaban J connectivity index is 1.87. The first-order valence-corrected chi connectivity index (χ1v) is 5.55. The molecule has 2 aliphatic heterocycles. The van der Waals surface area contributed by atoms with Crippen LogP contribution in [-0.2, 0) is 4.79 Å². The molecule has 2 rings (SSSR count). The van der Waals surface area contributed by atoms with Gasteiger partial charge in [0.1, 0.15) is 0 Å². The van der Waals surface area contributed by atoms with Crippen LogP contribution in [0.3, 0.4) is 0 Å². The third-order valence-electron chi connectivity index (χ3n) is 3.14. The SMILES string of the molecule is N[C@@H]1CCN(C(=O)[C@@H]2CCCCN2)C1. The van der Waals surface area contributed by atoms with Crippen molar-refractivity contribution in [2.45, 2.75) is 37.8 Å². The molecule has 1 amide bonds. The highest BCUT2D eigenvalue weighted by Gasteiger charge is 2.29. The van der Waals surface area contributed by atoms with E-state index < -0.39 is 0 Å². The van der Waals surface area contributed by atoms with Crippen LogP contribution in [0.15, 0.2) is 0 Å². The number of amides is 1. The first-order valence-electron chi connectivity index (χ1n) is 5.55. The van der Waals surface area contributed by atoms with Crippen LogP contribution >= 0.6 is 0 Å². The van der Waals surface area contributed by atoms with Crippen LogP contribution in [0.5, 0.6) is 0 Å². The van der Waals surface area contributed by atoms with Crippen molar-refractivity contribution >= 4 is 5.91 Å². The zero-order chi connectivity index (χ0) is 9.97. The topological polar surface area (TPSA) is 58.4 Å². The van der Waals surface area contributed by atoms with Gasteiger partial charge in [-0.1, -0.05) is 6.42 Å². The van der Waals surface area contributed by atoms with Gasteiger partial charge in [0, 0.05) is 19.1 Å². The molecule has 0 unspecified atom stereocenters. The summed E-state index contributed by atoms with van der Waals surface area (Å²) in [5, 5.41) is 3.28. The number of likely N-dealkylation sites (tertiary alicyclic amines) is 1. The van der Waals surface area contributed by atoms with E-state index in [9.17, 15) is 4.79 Å². The second-order valence-electron chi connectivity index (χ2n) is 4.34. The maximum absolute atomic E-state index is 12.0. The molecule has 0 aliphatic carbocycles. The summed E-state index contributed by atoms with van der Waals surface area (Å²) < 4.78 is 0. The number of hydrogen-bond donors (Lipinski definition) is 2. The van der Waals surface area contributed by atoms with E-state index in [1.165, 1.54) is 12.8 Å². The number of rotatable bonds is 1. The lowest BCUT2D eigenvalue weighted by molar-refractivity contribution is -0.133. The molecule has 14 heavy (non-hydrogen) atoms. The van der Waals surface area contributed by atoms with E-state index in [0.29, 0.717) is 0 Å². The van der Waals surface area contributed by atoms with Gasteiger partial charge in [0.25, 0.3) is 0 Å². The lowest BCUT2D eigenvalue weighted by Crippen LogP contribution is -2.48. The first-order chi connectivity index (χ1) is 6.77.